The van der Waals surface area contributed by atoms with Crippen LogP contribution in [0.25, 0.3) is 0 Å². The molecule has 0 saturated heterocycles. The van der Waals surface area contributed by atoms with Crippen LogP contribution in [0.3, 0.4) is 0 Å². The van der Waals surface area contributed by atoms with Gasteiger partial charge in [-0.2, -0.15) is 13.2 Å². The minimum absolute atomic E-state index is 0.0250. The molecule has 0 aromatic heterocycles. The zero-order valence-corrected chi connectivity index (χ0v) is 12.5. The van der Waals surface area contributed by atoms with Crippen LogP contribution < -0.4 is 5.32 Å². The summed E-state index contributed by atoms with van der Waals surface area (Å²) >= 11 is 2.92. The van der Waals surface area contributed by atoms with Gasteiger partial charge in [-0.05, 0) is 31.0 Å². The molecule has 1 saturated carbocycles. The first kappa shape index (κ1) is 15.6. The number of benzene rings is 1. The Morgan fingerprint density at radius 1 is 1.15 bits per heavy atom. The van der Waals surface area contributed by atoms with Gasteiger partial charge >= 0.3 is 6.18 Å². The fraction of sp³-hybridized carbons (Fsp3) is 0.571. The highest BCUT2D eigenvalue weighted by Gasteiger charge is 2.33. The lowest BCUT2D eigenvalue weighted by Gasteiger charge is -2.23. The van der Waals surface area contributed by atoms with Crippen LogP contribution in [0.15, 0.2) is 22.7 Å². The fourth-order valence-electron chi connectivity index (χ4n) is 2.50. The molecular weight excluding hydrogens is 335 g/mol. The molecule has 6 heteroatoms. The molecule has 2 rings (SSSR count). The van der Waals surface area contributed by atoms with Gasteiger partial charge in [0.05, 0.1) is 17.7 Å². The maximum atomic E-state index is 12.8. The highest BCUT2D eigenvalue weighted by Crippen LogP contribution is 2.36. The minimum atomic E-state index is -4.39. The van der Waals surface area contributed by atoms with Gasteiger partial charge in [0, 0.05) is 10.2 Å². The topological polar surface area (TPSA) is 32.3 Å². The van der Waals surface area contributed by atoms with E-state index in [9.17, 15) is 18.3 Å². The number of halogens is 4. The molecule has 112 valence electrons. The van der Waals surface area contributed by atoms with E-state index in [1.807, 2.05) is 0 Å². The van der Waals surface area contributed by atoms with Crippen molar-refractivity contribution in [2.75, 3.05) is 5.32 Å². The van der Waals surface area contributed by atoms with Crippen LogP contribution in [0.1, 0.15) is 37.7 Å². The molecule has 20 heavy (non-hydrogen) atoms. The molecule has 2 N–H and O–H groups in total. The summed E-state index contributed by atoms with van der Waals surface area (Å²) in [6.45, 7) is 0. The van der Waals surface area contributed by atoms with Gasteiger partial charge in [-0.25, -0.2) is 0 Å². The van der Waals surface area contributed by atoms with Crippen LogP contribution in [0.2, 0.25) is 0 Å². The summed E-state index contributed by atoms with van der Waals surface area (Å²) in [7, 11) is 0. The van der Waals surface area contributed by atoms with Gasteiger partial charge < -0.3 is 10.4 Å². The quantitative estimate of drug-likeness (QED) is 0.764. The smallest absolute Gasteiger partial charge is 0.391 e. The Hall–Kier alpha value is -0.750. The van der Waals surface area contributed by atoms with Crippen LogP contribution in [-0.2, 0) is 6.18 Å². The lowest BCUT2D eigenvalue weighted by Crippen LogP contribution is -2.32. The first-order valence-electron chi connectivity index (χ1n) is 6.69. The van der Waals surface area contributed by atoms with Crippen LogP contribution in [0.5, 0.6) is 0 Å². The molecule has 2 atom stereocenters. The van der Waals surface area contributed by atoms with Crippen LogP contribution in [0.4, 0.5) is 18.9 Å². The number of aliphatic hydroxyl groups excluding tert-OH is 1. The highest BCUT2D eigenvalue weighted by molar-refractivity contribution is 9.10. The van der Waals surface area contributed by atoms with Gasteiger partial charge in [0.25, 0.3) is 0 Å². The molecule has 0 bridgehead atoms. The van der Waals surface area contributed by atoms with E-state index in [4.69, 9.17) is 0 Å². The first-order valence-corrected chi connectivity index (χ1v) is 7.48. The average molecular weight is 352 g/mol. The van der Waals surface area contributed by atoms with E-state index in [1.54, 1.807) is 6.07 Å². The summed E-state index contributed by atoms with van der Waals surface area (Å²) in [5, 5.41) is 13.0. The Kier molecular flexibility index (Phi) is 4.96. The maximum absolute atomic E-state index is 12.8. The summed E-state index contributed by atoms with van der Waals surface area (Å²) in [4.78, 5) is 0. The van der Waals surface area contributed by atoms with Crippen molar-refractivity contribution in [1.29, 1.82) is 0 Å². The van der Waals surface area contributed by atoms with Gasteiger partial charge in [-0.15, -0.1) is 0 Å². The largest absolute Gasteiger partial charge is 0.417 e. The average Bonchev–Trinajstić information content (AvgIpc) is 2.56. The van der Waals surface area contributed by atoms with Gasteiger partial charge in [0.2, 0.25) is 0 Å². The normalized spacial score (nSPS) is 24.2. The molecule has 0 radical (unpaired) electrons. The molecule has 0 amide bonds. The molecule has 2 unspecified atom stereocenters. The number of hydrogen-bond donors (Lipinski definition) is 2. The Bertz CT molecular complexity index is 464. The zero-order chi connectivity index (χ0) is 14.8. The maximum Gasteiger partial charge on any atom is 0.417 e. The Morgan fingerprint density at radius 3 is 2.55 bits per heavy atom. The lowest BCUT2D eigenvalue weighted by molar-refractivity contribution is -0.138. The zero-order valence-electron chi connectivity index (χ0n) is 10.9. The predicted octanol–water partition coefficient (Wildman–Crippen LogP) is 4.57. The number of rotatable bonds is 2. The summed E-state index contributed by atoms with van der Waals surface area (Å²) in [5.74, 6) is 0. The van der Waals surface area contributed by atoms with Crippen molar-refractivity contribution in [3.63, 3.8) is 0 Å². The molecular formula is C14H17BrF3NO. The van der Waals surface area contributed by atoms with Crippen LogP contribution in [-0.4, -0.2) is 17.3 Å². The van der Waals surface area contributed by atoms with Gasteiger partial charge in [-0.3, -0.25) is 0 Å². The van der Waals surface area contributed by atoms with Gasteiger partial charge in [-0.1, -0.05) is 35.2 Å². The van der Waals surface area contributed by atoms with E-state index in [0.29, 0.717) is 12.1 Å². The fourth-order valence-corrected chi connectivity index (χ4v) is 2.97. The summed E-state index contributed by atoms with van der Waals surface area (Å²) in [6.07, 6.45) is -0.415. The van der Waals surface area contributed by atoms with Crippen molar-refractivity contribution in [3.8, 4) is 0 Å². The summed E-state index contributed by atoms with van der Waals surface area (Å²) < 4.78 is 38.6. The number of anilines is 1. The standard InChI is InChI=1S/C14H17BrF3NO/c15-11-7-6-9(8-10(11)14(16,17)18)19-12-4-2-1-3-5-13(12)20/h6-8,12-13,19-20H,1-5H2. The monoisotopic (exact) mass is 351 g/mol. The molecule has 1 aromatic rings. The first-order chi connectivity index (χ1) is 9.38. The molecule has 0 aliphatic heterocycles. The third-order valence-electron chi connectivity index (χ3n) is 3.60. The van der Waals surface area contributed by atoms with E-state index < -0.39 is 17.8 Å². The van der Waals surface area contributed by atoms with Crippen LogP contribution >= 0.6 is 15.9 Å². The Labute approximate surface area is 124 Å². The predicted molar refractivity (Wildman–Crippen MR) is 75.6 cm³/mol. The number of hydrogen-bond acceptors (Lipinski definition) is 2. The molecule has 1 aliphatic carbocycles. The van der Waals surface area contributed by atoms with Crippen LogP contribution in [0, 0.1) is 0 Å². The second-order valence-corrected chi connectivity index (χ2v) is 6.00. The molecule has 1 aromatic carbocycles. The van der Waals surface area contributed by atoms with Crippen molar-refractivity contribution in [1.82, 2.24) is 0 Å². The van der Waals surface area contributed by atoms with Crippen molar-refractivity contribution in [2.45, 2.75) is 50.4 Å². The summed E-state index contributed by atoms with van der Waals surface area (Å²) in [5.41, 5.74) is -0.308. The second-order valence-electron chi connectivity index (χ2n) is 5.15. The van der Waals surface area contributed by atoms with Crippen molar-refractivity contribution in [2.24, 2.45) is 0 Å². The van der Waals surface area contributed by atoms with E-state index >= 15 is 0 Å². The third kappa shape index (κ3) is 3.88. The molecule has 2 nitrogen and oxygen atoms in total. The SMILES string of the molecule is OC1CCCCCC1Nc1ccc(Br)c(C(F)(F)F)c1. The van der Waals surface area contributed by atoms with Crippen molar-refractivity contribution >= 4 is 21.6 Å². The van der Waals surface area contributed by atoms with Gasteiger partial charge in [0.1, 0.15) is 0 Å². The molecule has 1 fully saturated rings. The van der Waals surface area contributed by atoms with Crippen molar-refractivity contribution < 1.29 is 18.3 Å². The van der Waals surface area contributed by atoms with E-state index in [-0.39, 0.29) is 10.5 Å². The number of alkyl halides is 3. The van der Waals surface area contributed by atoms with E-state index in [1.165, 1.54) is 6.07 Å². The molecule has 0 heterocycles. The number of nitrogens with one attached hydrogen (secondary N) is 1. The number of aliphatic hydroxyl groups is 1. The van der Waals surface area contributed by atoms with E-state index in [2.05, 4.69) is 21.2 Å². The molecule has 1 aliphatic rings. The highest BCUT2D eigenvalue weighted by atomic mass is 79.9. The minimum Gasteiger partial charge on any atom is -0.391 e. The second kappa shape index (κ2) is 6.35. The Morgan fingerprint density at radius 2 is 1.85 bits per heavy atom. The molecule has 0 spiro atoms. The van der Waals surface area contributed by atoms with Crippen molar-refractivity contribution in [3.05, 3.63) is 28.2 Å². The third-order valence-corrected chi connectivity index (χ3v) is 4.29. The lowest BCUT2D eigenvalue weighted by atomic mass is 10.1. The summed E-state index contributed by atoms with van der Waals surface area (Å²) in [6, 6.07) is 3.88. The van der Waals surface area contributed by atoms with E-state index in [0.717, 1.165) is 31.7 Å². The Balaban J connectivity index is 2.17. The van der Waals surface area contributed by atoms with Gasteiger partial charge in [0.15, 0.2) is 0 Å².